The van der Waals surface area contributed by atoms with E-state index in [1.807, 2.05) is 0 Å². The molecular formula is C24H18F8N2O3. The second-order valence-corrected chi connectivity index (χ2v) is 8.95. The van der Waals surface area contributed by atoms with Gasteiger partial charge in [0.15, 0.2) is 0 Å². The van der Waals surface area contributed by atoms with E-state index in [0.717, 1.165) is 11.0 Å². The zero-order valence-corrected chi connectivity index (χ0v) is 19.2. The van der Waals surface area contributed by atoms with Gasteiger partial charge in [0.05, 0.1) is 12.2 Å². The van der Waals surface area contributed by atoms with Crippen molar-refractivity contribution in [2.24, 2.45) is 0 Å². The Kier molecular flexibility index (Phi) is 6.04. The third-order valence-electron chi connectivity index (χ3n) is 6.11. The highest BCUT2D eigenvalue weighted by molar-refractivity contribution is 6.04. The van der Waals surface area contributed by atoms with Gasteiger partial charge in [-0.25, -0.2) is 0 Å². The average Bonchev–Trinajstić information content (AvgIpc) is 3.11. The topological polar surface area (TPSA) is 58.6 Å². The Morgan fingerprint density at radius 2 is 1.65 bits per heavy atom. The summed E-state index contributed by atoms with van der Waals surface area (Å²) in [6.45, 7) is 1.82. The number of nitrogens with one attached hydrogen (secondary N) is 1. The third-order valence-corrected chi connectivity index (χ3v) is 6.11. The van der Waals surface area contributed by atoms with Gasteiger partial charge in [-0.3, -0.25) is 9.59 Å². The van der Waals surface area contributed by atoms with Gasteiger partial charge >= 0.3 is 24.2 Å². The van der Waals surface area contributed by atoms with Gasteiger partial charge in [-0.2, -0.15) is 35.1 Å². The molecule has 0 atom stereocenters. The van der Waals surface area contributed by atoms with Gasteiger partial charge in [-0.05, 0) is 43.7 Å². The lowest BCUT2D eigenvalue weighted by Crippen LogP contribution is -2.45. The van der Waals surface area contributed by atoms with Crippen molar-refractivity contribution in [3.05, 3.63) is 70.3 Å². The molecule has 37 heavy (non-hydrogen) atoms. The van der Waals surface area contributed by atoms with Crippen LogP contribution in [0.25, 0.3) is 5.70 Å². The number of amides is 2. The summed E-state index contributed by atoms with van der Waals surface area (Å²) in [6.07, 6.45) is -11.2. The zero-order chi connectivity index (χ0) is 27.6. The van der Waals surface area contributed by atoms with Gasteiger partial charge in [0.1, 0.15) is 11.4 Å². The lowest BCUT2D eigenvalue weighted by molar-refractivity contribution is -0.289. The van der Waals surface area contributed by atoms with Crippen LogP contribution >= 0.6 is 0 Å². The first-order valence-corrected chi connectivity index (χ1v) is 10.7. The van der Waals surface area contributed by atoms with Crippen LogP contribution in [0.1, 0.15) is 40.9 Å². The van der Waals surface area contributed by atoms with E-state index >= 15 is 0 Å². The number of benzene rings is 2. The van der Waals surface area contributed by atoms with Crippen LogP contribution in [0.4, 0.5) is 35.1 Å². The van der Waals surface area contributed by atoms with Crippen LogP contribution in [0, 0.1) is 0 Å². The van der Waals surface area contributed by atoms with E-state index in [2.05, 4.69) is 0 Å². The molecule has 0 aromatic heterocycles. The summed E-state index contributed by atoms with van der Waals surface area (Å²) >= 11 is 0. The second kappa shape index (κ2) is 8.45. The van der Waals surface area contributed by atoms with Crippen LogP contribution in [0.15, 0.2) is 48.0 Å². The standard InChI is InChI=1S/C24H18F8N2O3/c1-21(2)16(10-33-20(36)23(27,28)29)18(34-11-12-5-3-4-6-14(12)19(34)35)15-9-13(7-8-17(15)37-21)22(25,26)24(30,31)32/h3-9H,10-11H2,1-2H3,(H,33,36). The molecule has 1 N–H and O–H groups in total. The predicted molar refractivity (Wildman–Crippen MR) is 113 cm³/mol. The first kappa shape index (κ1) is 26.4. The monoisotopic (exact) mass is 534 g/mol. The number of carbonyl (C=O) groups excluding carboxylic acids is 2. The molecular weight excluding hydrogens is 516 g/mol. The minimum absolute atomic E-state index is 0.133. The molecule has 0 spiro atoms. The van der Waals surface area contributed by atoms with E-state index in [0.29, 0.717) is 17.7 Å². The first-order chi connectivity index (χ1) is 16.9. The lowest BCUT2D eigenvalue weighted by atomic mass is 9.87. The molecule has 2 aromatic carbocycles. The Bertz CT molecular complexity index is 1310. The summed E-state index contributed by atoms with van der Waals surface area (Å²) in [5, 5.41) is 1.67. The number of ether oxygens (including phenoxy) is 1. The number of hydrogen-bond donors (Lipinski definition) is 1. The van der Waals surface area contributed by atoms with Crippen molar-refractivity contribution in [1.29, 1.82) is 0 Å². The van der Waals surface area contributed by atoms with Crippen LogP contribution in [0.5, 0.6) is 5.75 Å². The maximum Gasteiger partial charge on any atom is 0.471 e. The minimum Gasteiger partial charge on any atom is -0.483 e. The Morgan fingerprint density at radius 3 is 2.24 bits per heavy atom. The highest BCUT2D eigenvalue weighted by Crippen LogP contribution is 2.49. The Labute approximate surface area is 204 Å². The van der Waals surface area contributed by atoms with E-state index < -0.39 is 47.8 Å². The maximum absolute atomic E-state index is 14.2. The molecule has 5 nitrogen and oxygen atoms in total. The van der Waals surface area contributed by atoms with Gasteiger partial charge < -0.3 is 15.0 Å². The predicted octanol–water partition coefficient (Wildman–Crippen LogP) is 5.56. The Morgan fingerprint density at radius 1 is 1.00 bits per heavy atom. The summed E-state index contributed by atoms with van der Waals surface area (Å²) in [7, 11) is 0. The number of rotatable bonds is 4. The minimum atomic E-state index is -5.94. The van der Waals surface area contributed by atoms with E-state index in [9.17, 15) is 44.7 Å². The van der Waals surface area contributed by atoms with E-state index in [-0.39, 0.29) is 34.7 Å². The molecule has 2 aliphatic heterocycles. The summed E-state index contributed by atoms with van der Waals surface area (Å²) in [5.41, 5.74) is -2.95. The second-order valence-electron chi connectivity index (χ2n) is 8.95. The van der Waals surface area contributed by atoms with Gasteiger partial charge in [0, 0.05) is 28.8 Å². The zero-order valence-electron chi connectivity index (χ0n) is 19.2. The Balaban J connectivity index is 1.92. The number of carbonyl (C=O) groups is 2. The molecule has 2 heterocycles. The Hall–Kier alpha value is -3.64. The molecule has 0 fully saturated rings. The fourth-order valence-electron chi connectivity index (χ4n) is 4.26. The molecule has 4 rings (SSSR count). The van der Waals surface area contributed by atoms with Crippen molar-refractivity contribution in [2.45, 2.75) is 44.3 Å². The fraction of sp³-hybridized carbons (Fsp3) is 0.333. The van der Waals surface area contributed by atoms with Gasteiger partial charge in [0.25, 0.3) is 5.91 Å². The highest BCUT2D eigenvalue weighted by Gasteiger charge is 2.59. The number of nitrogens with zero attached hydrogens (tertiary/aromatic N) is 1. The lowest BCUT2D eigenvalue weighted by Gasteiger charge is -2.40. The molecule has 2 aromatic rings. The van der Waals surface area contributed by atoms with Crippen molar-refractivity contribution < 1.29 is 49.4 Å². The largest absolute Gasteiger partial charge is 0.483 e. The van der Waals surface area contributed by atoms with Crippen LogP contribution in [-0.2, 0) is 17.3 Å². The maximum atomic E-state index is 14.2. The summed E-state index contributed by atoms with van der Waals surface area (Å²) in [6, 6.07) is 8.15. The number of hydrogen-bond acceptors (Lipinski definition) is 3. The molecule has 198 valence electrons. The SMILES string of the molecule is CC1(C)Oc2ccc(C(F)(F)C(F)(F)F)cc2C(N2Cc3ccccc3C2=O)=C1CNC(=O)C(F)(F)F. The highest BCUT2D eigenvalue weighted by atomic mass is 19.4. The molecule has 2 aliphatic rings. The van der Waals surface area contributed by atoms with Crippen LogP contribution in [0.2, 0.25) is 0 Å². The van der Waals surface area contributed by atoms with Crippen molar-refractivity contribution in [3.8, 4) is 5.75 Å². The molecule has 0 unspecified atom stereocenters. The van der Waals surface area contributed by atoms with Gasteiger partial charge in [-0.15, -0.1) is 0 Å². The molecule has 0 saturated heterocycles. The third kappa shape index (κ3) is 4.51. The first-order valence-electron chi connectivity index (χ1n) is 10.7. The molecule has 2 amide bonds. The number of fused-ring (bicyclic) bond motifs is 2. The molecule has 13 heteroatoms. The molecule has 0 radical (unpaired) electrons. The summed E-state index contributed by atoms with van der Waals surface area (Å²) in [4.78, 5) is 25.9. The molecule has 0 bridgehead atoms. The van der Waals surface area contributed by atoms with Crippen LogP contribution < -0.4 is 10.1 Å². The van der Waals surface area contributed by atoms with E-state index in [1.165, 1.54) is 19.9 Å². The van der Waals surface area contributed by atoms with Crippen molar-refractivity contribution in [2.75, 3.05) is 6.54 Å². The van der Waals surface area contributed by atoms with Crippen LogP contribution in [0.3, 0.4) is 0 Å². The fourth-order valence-corrected chi connectivity index (χ4v) is 4.26. The number of halogens is 8. The van der Waals surface area contributed by atoms with Crippen molar-refractivity contribution in [1.82, 2.24) is 10.2 Å². The molecule has 0 aliphatic carbocycles. The van der Waals surface area contributed by atoms with Gasteiger partial charge in [-0.1, -0.05) is 18.2 Å². The van der Waals surface area contributed by atoms with Gasteiger partial charge in [0.2, 0.25) is 0 Å². The smallest absolute Gasteiger partial charge is 0.471 e. The van der Waals surface area contributed by atoms with Crippen molar-refractivity contribution in [3.63, 3.8) is 0 Å². The summed E-state index contributed by atoms with van der Waals surface area (Å²) in [5.74, 6) is -8.41. The normalized spacial score (nSPS) is 17.4. The molecule has 0 saturated carbocycles. The number of alkyl halides is 8. The quantitative estimate of drug-likeness (QED) is 0.523. The van der Waals surface area contributed by atoms with Crippen molar-refractivity contribution >= 4 is 17.5 Å². The average molecular weight is 534 g/mol. The van der Waals surface area contributed by atoms with Crippen LogP contribution in [-0.4, -0.2) is 41.2 Å². The van der Waals surface area contributed by atoms with E-state index in [1.54, 1.807) is 23.5 Å². The van der Waals surface area contributed by atoms with E-state index in [4.69, 9.17) is 4.74 Å². The summed E-state index contributed by atoms with van der Waals surface area (Å²) < 4.78 is 112.